The van der Waals surface area contributed by atoms with Crippen LogP contribution in [0.25, 0.3) is 0 Å². The van der Waals surface area contributed by atoms with E-state index in [1.54, 1.807) is 11.8 Å². The lowest BCUT2D eigenvalue weighted by molar-refractivity contribution is 0.678. The number of fused-ring (bicyclic) bond motifs is 2. The van der Waals surface area contributed by atoms with Gasteiger partial charge in [-0.3, -0.25) is 0 Å². The molecule has 0 aliphatic carbocycles. The Balaban J connectivity index is 2.12. The summed E-state index contributed by atoms with van der Waals surface area (Å²) < 4.78 is 0. The minimum absolute atomic E-state index is 0.909. The van der Waals surface area contributed by atoms with Crippen molar-refractivity contribution >= 4 is 11.8 Å². The van der Waals surface area contributed by atoms with E-state index in [9.17, 15) is 0 Å². The highest BCUT2D eigenvalue weighted by Gasteiger charge is 2.37. The highest BCUT2D eigenvalue weighted by atomic mass is 32.2. The van der Waals surface area contributed by atoms with Crippen LogP contribution in [0.15, 0.2) is 0 Å². The standard InChI is InChI=1S/C5H9NS/c1-4-3-7-5(1)2-6-4/h4-6H,1-3H2/p+1/t4-,5-/m0/s1. The number of rotatable bonds is 0. The maximum atomic E-state index is 3.45. The van der Waals surface area contributed by atoms with E-state index in [4.69, 9.17) is 0 Å². The molecular formula is C5H10NS+. The van der Waals surface area contributed by atoms with Crippen LogP contribution in [-0.4, -0.2) is 23.6 Å². The average molecular weight is 116 g/mol. The molecule has 1 N–H and O–H groups in total. The van der Waals surface area contributed by atoms with Gasteiger partial charge in [-0.1, -0.05) is 0 Å². The van der Waals surface area contributed by atoms with Crippen molar-refractivity contribution < 1.29 is 0 Å². The van der Waals surface area contributed by atoms with E-state index < -0.39 is 0 Å². The van der Waals surface area contributed by atoms with Gasteiger partial charge in [-0.25, -0.2) is 0 Å². The molecule has 2 bridgehead atoms. The highest BCUT2D eigenvalue weighted by Crippen LogP contribution is 2.18. The van der Waals surface area contributed by atoms with Crippen molar-refractivity contribution in [2.75, 3.05) is 12.3 Å². The molecule has 2 aliphatic rings. The summed E-state index contributed by atoms with van der Waals surface area (Å²) in [7, 11) is 0. The summed E-state index contributed by atoms with van der Waals surface area (Å²) >= 11 is 1.71. The molecule has 0 aromatic heterocycles. The van der Waals surface area contributed by atoms with Gasteiger partial charge in [0.05, 0.1) is 6.04 Å². The van der Waals surface area contributed by atoms with Gasteiger partial charge >= 0.3 is 0 Å². The molecule has 2 saturated heterocycles. The van der Waals surface area contributed by atoms with Crippen LogP contribution in [0.3, 0.4) is 0 Å². The van der Waals surface area contributed by atoms with Crippen molar-refractivity contribution in [2.45, 2.75) is 17.7 Å². The first-order chi connectivity index (χ1) is 3.45. The fourth-order valence-electron chi connectivity index (χ4n) is 1.35. The zero-order valence-electron chi connectivity index (χ0n) is 4.22. The second-order valence-corrected chi connectivity index (χ2v) is 3.82. The Kier molecular flexibility index (Phi) is 0.837. The second-order valence-electron chi connectivity index (χ2n) is 2.36. The minimum Gasteiger partial charge on any atom is -0.305 e. The van der Waals surface area contributed by atoms with Crippen molar-refractivity contribution in [3.63, 3.8) is 0 Å². The summed E-state index contributed by atoms with van der Waals surface area (Å²) in [6.07, 6.45) is 1.46. The van der Waals surface area contributed by atoms with Gasteiger partial charge in [0.2, 0.25) is 0 Å². The van der Waals surface area contributed by atoms with E-state index in [0.717, 1.165) is 11.3 Å². The molecule has 7 heavy (non-hydrogen) atoms. The van der Waals surface area contributed by atoms with Gasteiger partial charge in [-0.15, -0.1) is 0 Å². The van der Waals surface area contributed by atoms with E-state index in [1.807, 2.05) is 0 Å². The Hall–Kier alpha value is 0.310. The van der Waals surface area contributed by atoms with Crippen molar-refractivity contribution in [2.24, 2.45) is 0 Å². The fourth-order valence-corrected chi connectivity index (χ4v) is 2.82. The van der Waals surface area contributed by atoms with Crippen LogP contribution < -0.4 is 5.32 Å². The summed E-state index contributed by atoms with van der Waals surface area (Å²) in [5.74, 6) is 1.42. The third kappa shape index (κ3) is 0.572. The molecule has 0 radical (unpaired) electrons. The van der Waals surface area contributed by atoms with Crippen LogP contribution in [0, 0.1) is 0 Å². The first-order valence-corrected chi connectivity index (χ1v) is 4.00. The monoisotopic (exact) mass is 116 g/mol. The molecule has 2 fully saturated rings. The van der Waals surface area contributed by atoms with Crippen molar-refractivity contribution in [1.29, 1.82) is 0 Å². The second kappa shape index (κ2) is 1.39. The lowest BCUT2D eigenvalue weighted by atomic mass is 10.3. The van der Waals surface area contributed by atoms with E-state index in [1.165, 1.54) is 18.7 Å². The first kappa shape index (κ1) is 4.21. The molecule has 0 unspecified atom stereocenters. The molecular weight excluding hydrogens is 106 g/mol. The van der Waals surface area contributed by atoms with Crippen LogP contribution in [0.4, 0.5) is 0 Å². The minimum atomic E-state index is 0.909. The zero-order chi connectivity index (χ0) is 4.69. The van der Waals surface area contributed by atoms with Gasteiger partial charge in [-0.2, -0.15) is 0 Å². The van der Waals surface area contributed by atoms with Crippen molar-refractivity contribution in [1.82, 2.24) is 5.32 Å². The molecule has 2 aliphatic heterocycles. The van der Waals surface area contributed by atoms with Crippen LogP contribution >= 0.6 is 0 Å². The maximum absolute atomic E-state index is 3.45. The van der Waals surface area contributed by atoms with Gasteiger partial charge in [-0.05, 0) is 11.8 Å². The van der Waals surface area contributed by atoms with Crippen LogP contribution in [0.2, 0.25) is 0 Å². The third-order valence-corrected chi connectivity index (χ3v) is 3.34. The van der Waals surface area contributed by atoms with Gasteiger partial charge < -0.3 is 5.32 Å². The zero-order valence-corrected chi connectivity index (χ0v) is 5.12. The average Bonchev–Trinajstić information content (AvgIpc) is 2.22. The number of hydrogen-bond donors (Lipinski definition) is 1. The maximum Gasteiger partial charge on any atom is 0.130 e. The molecule has 0 amide bonds. The van der Waals surface area contributed by atoms with Crippen molar-refractivity contribution in [3.05, 3.63) is 0 Å². The third-order valence-electron chi connectivity index (χ3n) is 1.78. The Bertz CT molecular complexity index is 66.1. The van der Waals surface area contributed by atoms with Gasteiger partial charge in [0, 0.05) is 13.0 Å². The molecule has 2 rings (SSSR count). The highest BCUT2D eigenvalue weighted by molar-refractivity contribution is 7.79. The number of nitrogens with one attached hydrogen (secondary N) is 1. The summed E-state index contributed by atoms with van der Waals surface area (Å²) in [5.41, 5.74) is 0. The van der Waals surface area contributed by atoms with Gasteiger partial charge in [0.25, 0.3) is 0 Å². The number of thiol groups is 1. The summed E-state index contributed by atoms with van der Waals surface area (Å²) in [6.45, 7) is 1.30. The van der Waals surface area contributed by atoms with E-state index in [0.29, 0.717) is 0 Å². The van der Waals surface area contributed by atoms with E-state index >= 15 is 0 Å². The van der Waals surface area contributed by atoms with Crippen LogP contribution in [0.5, 0.6) is 0 Å². The quantitative estimate of drug-likeness (QED) is 0.334. The summed E-state index contributed by atoms with van der Waals surface area (Å²) in [4.78, 5) is 0. The molecule has 0 aromatic carbocycles. The molecule has 0 aromatic rings. The molecule has 40 valence electrons. The van der Waals surface area contributed by atoms with Crippen LogP contribution in [0.1, 0.15) is 6.42 Å². The smallest absolute Gasteiger partial charge is 0.130 e. The van der Waals surface area contributed by atoms with E-state index in [2.05, 4.69) is 5.32 Å². The Morgan fingerprint density at radius 1 is 1.57 bits per heavy atom. The number of hydrogen-bond acceptors (Lipinski definition) is 1. The predicted octanol–water partition coefficient (Wildman–Crippen LogP) is -0.455. The molecule has 1 nitrogen and oxygen atoms in total. The molecule has 0 spiro atoms. The van der Waals surface area contributed by atoms with E-state index in [-0.39, 0.29) is 0 Å². The topological polar surface area (TPSA) is 12.0 Å². The Labute approximate surface area is 47.9 Å². The van der Waals surface area contributed by atoms with Gasteiger partial charge in [0.15, 0.2) is 0 Å². The lowest BCUT2D eigenvalue weighted by Gasteiger charge is -2.01. The fraction of sp³-hybridized carbons (Fsp3) is 1.00. The Morgan fingerprint density at radius 3 is 2.71 bits per heavy atom. The molecule has 2 heterocycles. The first-order valence-electron chi connectivity index (χ1n) is 2.85. The SMILES string of the molecule is C1[SH+][C@@H]2CN[C@H]1C2. The lowest BCUT2D eigenvalue weighted by Crippen LogP contribution is -2.30. The predicted molar refractivity (Wildman–Crippen MR) is 33.8 cm³/mol. The molecule has 0 saturated carbocycles. The van der Waals surface area contributed by atoms with Crippen LogP contribution in [-0.2, 0) is 11.8 Å². The largest absolute Gasteiger partial charge is 0.305 e. The molecule has 2 heteroatoms. The summed E-state index contributed by atoms with van der Waals surface area (Å²) in [5, 5.41) is 4.48. The van der Waals surface area contributed by atoms with Gasteiger partial charge in [0.1, 0.15) is 11.0 Å². The Morgan fingerprint density at radius 2 is 2.57 bits per heavy atom. The van der Waals surface area contributed by atoms with Crippen molar-refractivity contribution in [3.8, 4) is 0 Å². The summed E-state index contributed by atoms with van der Waals surface area (Å²) in [6, 6.07) is 0.909. The normalized spacial score (nSPS) is 48.0. The molecule has 2 atom stereocenters.